The molecule has 0 aromatic heterocycles. The van der Waals surface area contributed by atoms with Crippen LogP contribution in [-0.2, 0) is 11.2 Å². The summed E-state index contributed by atoms with van der Waals surface area (Å²) in [6, 6.07) is 18.8. The molecule has 0 atom stereocenters. The molecule has 0 heterocycles. The monoisotopic (exact) mass is 394 g/mol. The van der Waals surface area contributed by atoms with Crippen LogP contribution >= 0.6 is 11.8 Å². The van der Waals surface area contributed by atoms with E-state index >= 15 is 0 Å². The predicted octanol–water partition coefficient (Wildman–Crippen LogP) is 6.26. The molecule has 3 aromatic rings. The first-order valence-electron chi connectivity index (χ1n) is 9.29. The summed E-state index contributed by atoms with van der Waals surface area (Å²) in [7, 11) is 0. The number of carbonyl (C=O) groups excluding carboxylic acids is 2. The minimum absolute atomic E-state index is 0.0542. The molecule has 3 rings (SSSR count). The van der Waals surface area contributed by atoms with Crippen LogP contribution in [0.4, 0.5) is 4.79 Å². The first kappa shape index (κ1) is 20.0. The van der Waals surface area contributed by atoms with Crippen molar-refractivity contribution in [3.63, 3.8) is 0 Å². The Balaban J connectivity index is 1.89. The molecule has 0 amide bonds. The van der Waals surface area contributed by atoms with E-state index in [0.29, 0.717) is 11.3 Å². The van der Waals surface area contributed by atoms with Crippen molar-refractivity contribution in [1.29, 1.82) is 0 Å². The molecule has 0 fully saturated rings. The second-order valence-electron chi connectivity index (χ2n) is 6.23. The average Bonchev–Trinajstić information content (AvgIpc) is 2.69. The minimum Gasteiger partial charge on any atom is -0.434 e. The summed E-state index contributed by atoms with van der Waals surface area (Å²) in [6.45, 7) is 4.08. The maximum Gasteiger partial charge on any atom is 0.513 e. The summed E-state index contributed by atoms with van der Waals surface area (Å²) < 4.78 is 10.2. The Kier molecular flexibility index (Phi) is 6.71. The van der Waals surface area contributed by atoms with Gasteiger partial charge in [-0.1, -0.05) is 61.9 Å². The van der Waals surface area contributed by atoms with Crippen molar-refractivity contribution >= 4 is 33.8 Å². The molecule has 3 aromatic carbocycles. The van der Waals surface area contributed by atoms with E-state index in [1.165, 1.54) is 5.56 Å². The molecular formula is C23H22O4S. The van der Waals surface area contributed by atoms with Crippen LogP contribution in [-0.4, -0.2) is 17.9 Å². The quantitative estimate of drug-likeness (QED) is 0.280. The molecule has 0 aliphatic heterocycles. The van der Waals surface area contributed by atoms with Gasteiger partial charge in [-0.25, -0.2) is 4.79 Å². The maximum absolute atomic E-state index is 12.8. The van der Waals surface area contributed by atoms with Gasteiger partial charge >= 0.3 is 6.16 Å². The fraction of sp³-hybridized carbons (Fsp3) is 0.217. The van der Waals surface area contributed by atoms with Crippen molar-refractivity contribution < 1.29 is 19.1 Å². The molecule has 0 aliphatic carbocycles. The Morgan fingerprint density at radius 3 is 2.32 bits per heavy atom. The second-order valence-corrected chi connectivity index (χ2v) is 7.25. The zero-order valence-corrected chi connectivity index (χ0v) is 16.8. The first-order valence-corrected chi connectivity index (χ1v) is 10.1. The highest BCUT2D eigenvalue weighted by Gasteiger charge is 2.15. The number of hydrogen-bond acceptors (Lipinski definition) is 5. The highest BCUT2D eigenvalue weighted by molar-refractivity contribution is 8.14. The van der Waals surface area contributed by atoms with E-state index in [1.54, 1.807) is 19.1 Å². The van der Waals surface area contributed by atoms with Crippen LogP contribution in [0.3, 0.4) is 0 Å². The molecule has 0 spiro atoms. The topological polar surface area (TPSA) is 52.6 Å². The number of hydrogen-bond donors (Lipinski definition) is 0. The van der Waals surface area contributed by atoms with Gasteiger partial charge in [0.1, 0.15) is 5.75 Å². The van der Waals surface area contributed by atoms with Gasteiger partial charge in [0.05, 0.1) is 6.61 Å². The standard InChI is InChI=1S/C23H22O4S/c1-3-7-16-12-14-18(15-13-16)22(24)28-20-11-6-9-17-8-5-10-19(21(17)20)27-23(25)26-4-2/h5-6,8-15H,3-4,7H2,1-2H3. The van der Waals surface area contributed by atoms with Gasteiger partial charge in [0.25, 0.3) is 0 Å². The van der Waals surface area contributed by atoms with Crippen LogP contribution in [0.15, 0.2) is 65.6 Å². The summed E-state index contributed by atoms with van der Waals surface area (Å²) >= 11 is 1.13. The van der Waals surface area contributed by atoms with Crippen molar-refractivity contribution in [3.05, 3.63) is 71.8 Å². The van der Waals surface area contributed by atoms with E-state index in [1.807, 2.05) is 48.5 Å². The molecule has 4 nitrogen and oxygen atoms in total. The van der Waals surface area contributed by atoms with Crippen LogP contribution in [0.1, 0.15) is 36.2 Å². The molecule has 5 heteroatoms. The van der Waals surface area contributed by atoms with Crippen LogP contribution in [0, 0.1) is 0 Å². The predicted molar refractivity (Wildman–Crippen MR) is 112 cm³/mol. The third-order valence-corrected chi connectivity index (χ3v) is 5.20. The Hall–Kier alpha value is -2.79. The molecule has 0 saturated heterocycles. The van der Waals surface area contributed by atoms with Crippen LogP contribution in [0.5, 0.6) is 5.75 Å². The lowest BCUT2D eigenvalue weighted by molar-refractivity contribution is 0.104. The largest absolute Gasteiger partial charge is 0.513 e. The van der Waals surface area contributed by atoms with Gasteiger partial charge in [0.15, 0.2) is 0 Å². The summed E-state index contributed by atoms with van der Waals surface area (Å²) in [5, 5.41) is 1.55. The lowest BCUT2D eigenvalue weighted by atomic mass is 10.1. The normalized spacial score (nSPS) is 10.6. The van der Waals surface area contributed by atoms with Gasteiger partial charge in [-0.2, -0.15) is 0 Å². The van der Waals surface area contributed by atoms with Gasteiger partial charge in [0.2, 0.25) is 5.12 Å². The number of thioether (sulfide) groups is 1. The average molecular weight is 394 g/mol. The highest BCUT2D eigenvalue weighted by Crippen LogP contribution is 2.36. The molecule has 0 saturated carbocycles. The Morgan fingerprint density at radius 1 is 0.929 bits per heavy atom. The van der Waals surface area contributed by atoms with Crippen molar-refractivity contribution in [1.82, 2.24) is 0 Å². The van der Waals surface area contributed by atoms with Gasteiger partial charge in [0, 0.05) is 15.8 Å². The number of aryl methyl sites for hydroxylation is 1. The van der Waals surface area contributed by atoms with Crippen molar-refractivity contribution in [2.75, 3.05) is 6.61 Å². The molecular weight excluding hydrogens is 372 g/mol. The van der Waals surface area contributed by atoms with E-state index in [9.17, 15) is 9.59 Å². The summed E-state index contributed by atoms with van der Waals surface area (Å²) in [5.74, 6) is 0.380. The molecule has 0 radical (unpaired) electrons. The third kappa shape index (κ3) is 4.73. The van der Waals surface area contributed by atoms with Crippen molar-refractivity contribution in [3.8, 4) is 5.75 Å². The molecule has 0 N–H and O–H groups in total. The van der Waals surface area contributed by atoms with Gasteiger partial charge < -0.3 is 9.47 Å². The van der Waals surface area contributed by atoms with Crippen molar-refractivity contribution in [2.24, 2.45) is 0 Å². The van der Waals surface area contributed by atoms with E-state index in [4.69, 9.17) is 9.47 Å². The molecule has 144 valence electrons. The first-order chi connectivity index (χ1) is 13.6. The van der Waals surface area contributed by atoms with E-state index in [2.05, 4.69) is 6.92 Å². The number of rotatable bonds is 6. The van der Waals surface area contributed by atoms with E-state index in [0.717, 1.165) is 40.3 Å². The van der Waals surface area contributed by atoms with Gasteiger partial charge in [-0.3, -0.25) is 4.79 Å². The zero-order chi connectivity index (χ0) is 19.9. The summed E-state index contributed by atoms with van der Waals surface area (Å²) in [4.78, 5) is 25.3. The Morgan fingerprint density at radius 2 is 1.64 bits per heavy atom. The lowest BCUT2D eigenvalue weighted by Crippen LogP contribution is -2.10. The van der Waals surface area contributed by atoms with Crippen LogP contribution in [0.25, 0.3) is 10.8 Å². The Bertz CT molecular complexity index is 974. The lowest BCUT2D eigenvalue weighted by Gasteiger charge is -2.11. The van der Waals surface area contributed by atoms with E-state index < -0.39 is 6.16 Å². The number of carbonyl (C=O) groups is 2. The Labute approximate surface area is 168 Å². The second kappa shape index (κ2) is 9.42. The third-order valence-electron chi connectivity index (χ3n) is 4.21. The maximum atomic E-state index is 12.8. The SMILES string of the molecule is CCCc1ccc(C(=O)Sc2cccc3cccc(OC(=O)OCC)c23)cc1. The number of ether oxygens (including phenoxy) is 2. The summed E-state index contributed by atoms with van der Waals surface area (Å²) in [5.41, 5.74) is 1.87. The van der Waals surface area contributed by atoms with Crippen LogP contribution < -0.4 is 4.74 Å². The number of fused-ring (bicyclic) bond motifs is 1. The fourth-order valence-corrected chi connectivity index (χ4v) is 3.86. The molecule has 28 heavy (non-hydrogen) atoms. The fourth-order valence-electron chi connectivity index (χ4n) is 2.94. The van der Waals surface area contributed by atoms with Crippen molar-refractivity contribution in [2.45, 2.75) is 31.6 Å². The highest BCUT2D eigenvalue weighted by atomic mass is 32.2. The summed E-state index contributed by atoms with van der Waals surface area (Å²) in [6.07, 6.45) is 1.31. The minimum atomic E-state index is -0.757. The number of benzene rings is 3. The van der Waals surface area contributed by atoms with E-state index in [-0.39, 0.29) is 11.7 Å². The molecule has 0 bridgehead atoms. The molecule has 0 unspecified atom stereocenters. The van der Waals surface area contributed by atoms with Crippen LogP contribution in [0.2, 0.25) is 0 Å². The van der Waals surface area contributed by atoms with Gasteiger partial charge in [-0.15, -0.1) is 0 Å². The zero-order valence-electron chi connectivity index (χ0n) is 15.9. The smallest absolute Gasteiger partial charge is 0.434 e. The van der Waals surface area contributed by atoms with Gasteiger partial charge in [-0.05, 0) is 48.2 Å². The molecule has 0 aliphatic rings.